The van der Waals surface area contributed by atoms with Crippen LogP contribution in [0.1, 0.15) is 7.85 Å². The van der Waals surface area contributed by atoms with E-state index in [9.17, 15) is 4.79 Å². The Morgan fingerprint density at radius 1 is 1.36 bits per heavy atom. The van der Waals surface area contributed by atoms with Gasteiger partial charge in [0.25, 0.3) is 0 Å². The second-order valence-electron chi connectivity index (χ2n) is 1.68. The van der Waals surface area contributed by atoms with E-state index in [1.54, 1.807) is 0 Å². The van der Waals surface area contributed by atoms with Gasteiger partial charge in [-0.1, -0.05) is 0 Å². The zero-order valence-electron chi connectivity index (χ0n) is 8.42. The molecule has 4 nitrogen and oxygen atoms in total. The smallest absolute Gasteiger partial charge is 1.00 e. The maximum absolute atomic E-state index is 10.6. The van der Waals surface area contributed by atoms with Crippen LogP contribution in [0, 0.1) is 0 Å². The minimum absolute atomic E-state index is 0. The molecule has 62 valence electrons. The van der Waals surface area contributed by atoms with Crippen molar-refractivity contribution < 1.29 is 50.0 Å². The summed E-state index contributed by atoms with van der Waals surface area (Å²) in [6.07, 6.45) is -0.365. The van der Waals surface area contributed by atoms with Gasteiger partial charge < -0.3 is 15.6 Å². The zero-order chi connectivity index (χ0) is 7.98. The van der Waals surface area contributed by atoms with Crippen molar-refractivity contribution in [2.24, 2.45) is 0 Å². The third kappa shape index (κ3) is 6.77. The molecule has 0 aliphatic carbocycles. The Bertz CT molecular complexity index is 108. The topological polar surface area (TPSA) is 44.8 Å². The normalized spacial score (nSPS) is 9.09. The van der Waals surface area contributed by atoms with Gasteiger partial charge in [0.1, 0.15) is 0 Å². The van der Waals surface area contributed by atoms with Gasteiger partial charge in [0, 0.05) is 14.2 Å². The minimum Gasteiger partial charge on any atom is -1.00 e. The van der Waals surface area contributed by atoms with Crippen molar-refractivity contribution in [3.63, 3.8) is 0 Å². The van der Waals surface area contributed by atoms with Crippen LogP contribution in [-0.2, 0) is 19.0 Å². The number of hydrogen-bond acceptors (Lipinski definition) is 4. The van der Waals surface area contributed by atoms with Crippen molar-refractivity contribution in [2.45, 2.75) is 12.7 Å². The van der Waals surface area contributed by atoms with Crippen LogP contribution in [0.4, 0.5) is 0 Å². The molecule has 0 amide bonds. The second-order valence-corrected chi connectivity index (χ2v) is 1.68. The Kier molecular flexibility index (Phi) is 10.8. The summed E-state index contributed by atoms with van der Waals surface area (Å²) in [4.78, 5) is 10.6. The van der Waals surface area contributed by atoms with Crippen LogP contribution >= 0.6 is 0 Å². The first kappa shape index (κ1) is 13.9. The van der Waals surface area contributed by atoms with Crippen LogP contribution in [0.25, 0.3) is 0 Å². The molecule has 0 aromatic heterocycles. The summed E-state index contributed by atoms with van der Waals surface area (Å²) >= 11 is 0. The van der Waals surface area contributed by atoms with E-state index in [0.717, 1.165) is 0 Å². The van der Waals surface area contributed by atoms with Crippen LogP contribution < -0.4 is 29.6 Å². The number of hydrogen-bond donors (Lipinski definition) is 0. The summed E-state index contributed by atoms with van der Waals surface area (Å²) in [5.41, 5.74) is 0. The summed E-state index contributed by atoms with van der Waals surface area (Å²) in [5.74, 6) is -0.339. The number of ether oxygens (including phenoxy) is 3. The maximum atomic E-state index is 10.6. The van der Waals surface area contributed by atoms with Gasteiger partial charge >= 0.3 is 35.5 Å². The largest absolute Gasteiger partial charge is 1.00 e. The summed E-state index contributed by atoms with van der Waals surface area (Å²) in [7, 11) is 4.26. The Morgan fingerprint density at radius 3 is 2.09 bits per heavy atom. The van der Waals surface area contributed by atoms with Crippen LogP contribution in [0.2, 0.25) is 0 Å². The molecule has 0 aromatic rings. The van der Waals surface area contributed by atoms with Crippen molar-refractivity contribution >= 4 is 5.97 Å². The van der Waals surface area contributed by atoms with Crippen LogP contribution in [0.5, 0.6) is 0 Å². The standard InChI is InChI=1S/C6H12O4.Na.H/c1-8-5(7)4-6(9-2)10-3;;/h6H,4H2,1-3H3;;/q;+1;-1. The molecule has 0 atom stereocenters. The fourth-order valence-corrected chi connectivity index (χ4v) is 0.482. The molecule has 0 aliphatic heterocycles. The summed E-state index contributed by atoms with van der Waals surface area (Å²) < 4.78 is 13.9. The molecule has 0 saturated heterocycles. The first-order valence-corrected chi connectivity index (χ1v) is 2.87. The van der Waals surface area contributed by atoms with E-state index in [2.05, 4.69) is 4.74 Å². The molecule has 0 spiro atoms. The van der Waals surface area contributed by atoms with Crippen molar-refractivity contribution in [3.05, 3.63) is 0 Å². The molecule has 5 heteroatoms. The van der Waals surface area contributed by atoms with E-state index in [1.165, 1.54) is 21.3 Å². The zero-order valence-corrected chi connectivity index (χ0v) is 9.42. The van der Waals surface area contributed by atoms with Crippen molar-refractivity contribution in [2.75, 3.05) is 21.3 Å². The SMILES string of the molecule is COC(=O)CC(OC)OC.[H-].[Na+]. The summed E-state index contributed by atoms with van der Waals surface area (Å²) in [6, 6.07) is 0. The van der Waals surface area contributed by atoms with Crippen molar-refractivity contribution in [3.8, 4) is 0 Å². The number of esters is 1. The Morgan fingerprint density at radius 2 is 1.82 bits per heavy atom. The molecule has 0 unspecified atom stereocenters. The first-order valence-electron chi connectivity index (χ1n) is 2.87. The van der Waals surface area contributed by atoms with E-state index < -0.39 is 6.29 Å². The van der Waals surface area contributed by atoms with Gasteiger partial charge in [-0.2, -0.15) is 0 Å². The predicted molar refractivity (Wildman–Crippen MR) is 35.6 cm³/mol. The van der Waals surface area contributed by atoms with Gasteiger partial charge in [-0.05, 0) is 0 Å². The summed E-state index contributed by atoms with van der Waals surface area (Å²) in [5, 5.41) is 0. The molecule has 0 radical (unpaired) electrons. The molecule has 11 heavy (non-hydrogen) atoms. The third-order valence-corrected chi connectivity index (χ3v) is 1.09. The fraction of sp³-hybridized carbons (Fsp3) is 0.833. The number of carbonyl (C=O) groups is 1. The third-order valence-electron chi connectivity index (χ3n) is 1.09. The Balaban J connectivity index is -0.000000405. The Hall–Kier alpha value is 0.390. The van der Waals surface area contributed by atoms with Gasteiger partial charge in [-0.15, -0.1) is 0 Å². The van der Waals surface area contributed by atoms with E-state index in [4.69, 9.17) is 9.47 Å². The van der Waals surface area contributed by atoms with Gasteiger partial charge in [-0.25, -0.2) is 0 Å². The molecule has 0 rings (SSSR count). The predicted octanol–water partition coefficient (Wildman–Crippen LogP) is -2.72. The molecular formula is C6H13NaO4. The quantitative estimate of drug-likeness (QED) is 0.263. The fourth-order valence-electron chi connectivity index (χ4n) is 0.482. The van der Waals surface area contributed by atoms with Gasteiger partial charge in [-0.3, -0.25) is 4.79 Å². The average molecular weight is 172 g/mol. The molecule has 0 bridgehead atoms. The second kappa shape index (κ2) is 8.49. The molecular weight excluding hydrogens is 159 g/mol. The molecule has 0 saturated carbocycles. The monoisotopic (exact) mass is 172 g/mol. The van der Waals surface area contributed by atoms with E-state index in [-0.39, 0.29) is 43.4 Å². The average Bonchev–Trinajstić information content (AvgIpc) is 1.99. The summed E-state index contributed by atoms with van der Waals surface area (Å²) in [6.45, 7) is 0. The van der Waals surface area contributed by atoms with Crippen molar-refractivity contribution in [1.29, 1.82) is 0 Å². The molecule has 0 aromatic carbocycles. The molecule has 0 heterocycles. The molecule has 0 N–H and O–H groups in total. The van der Waals surface area contributed by atoms with Crippen LogP contribution in [0.3, 0.4) is 0 Å². The maximum Gasteiger partial charge on any atom is 1.00 e. The number of methoxy groups -OCH3 is 3. The van der Waals surface area contributed by atoms with Crippen LogP contribution in [-0.4, -0.2) is 33.6 Å². The van der Waals surface area contributed by atoms with Crippen molar-refractivity contribution in [1.82, 2.24) is 0 Å². The van der Waals surface area contributed by atoms with E-state index >= 15 is 0 Å². The number of rotatable bonds is 4. The van der Waals surface area contributed by atoms with Gasteiger partial charge in [0.2, 0.25) is 0 Å². The molecule has 0 aliphatic rings. The van der Waals surface area contributed by atoms with Gasteiger partial charge in [0.15, 0.2) is 6.29 Å². The van der Waals surface area contributed by atoms with E-state index in [1.807, 2.05) is 0 Å². The molecule has 0 fully saturated rings. The number of carbonyl (C=O) groups excluding carboxylic acids is 1. The first-order chi connectivity index (χ1) is 4.74. The Labute approximate surface area is 90.0 Å². The van der Waals surface area contributed by atoms with E-state index in [0.29, 0.717) is 0 Å². The van der Waals surface area contributed by atoms with Gasteiger partial charge in [0.05, 0.1) is 13.5 Å². The van der Waals surface area contributed by atoms with Crippen LogP contribution in [0.15, 0.2) is 0 Å². The minimum atomic E-state index is -0.493.